The number of hydrogen-bond donors (Lipinski definition) is 1. The van der Waals surface area contributed by atoms with Gasteiger partial charge in [-0.15, -0.1) is 0 Å². The summed E-state index contributed by atoms with van der Waals surface area (Å²) < 4.78 is 13.9. The van der Waals surface area contributed by atoms with Gasteiger partial charge in [0.15, 0.2) is 0 Å². The van der Waals surface area contributed by atoms with Gasteiger partial charge in [-0.3, -0.25) is 14.5 Å². The van der Waals surface area contributed by atoms with Gasteiger partial charge in [-0.1, -0.05) is 56.3 Å². The van der Waals surface area contributed by atoms with E-state index in [0.717, 1.165) is 18.7 Å². The van der Waals surface area contributed by atoms with Crippen LogP contribution in [0.1, 0.15) is 48.7 Å². The zero-order valence-electron chi connectivity index (χ0n) is 17.7. The van der Waals surface area contributed by atoms with Gasteiger partial charge in [0, 0.05) is 19.1 Å². The molecule has 1 fully saturated rings. The fraction of sp³-hybridized carbons (Fsp3) is 0.417. The second-order valence-corrected chi connectivity index (χ2v) is 7.59. The average Bonchev–Trinajstić information content (AvgIpc) is 2.78. The fourth-order valence-electron chi connectivity index (χ4n) is 4.06. The average molecular weight is 412 g/mol. The zero-order chi connectivity index (χ0) is 21.5. The van der Waals surface area contributed by atoms with E-state index in [0.29, 0.717) is 25.9 Å². The van der Waals surface area contributed by atoms with E-state index >= 15 is 0 Å². The van der Waals surface area contributed by atoms with Crippen LogP contribution in [0, 0.1) is 5.82 Å². The first-order valence-corrected chi connectivity index (χ1v) is 10.7. The first-order valence-electron chi connectivity index (χ1n) is 10.7. The summed E-state index contributed by atoms with van der Waals surface area (Å²) in [4.78, 5) is 29.6. The Morgan fingerprint density at radius 2 is 1.63 bits per heavy atom. The van der Waals surface area contributed by atoms with Gasteiger partial charge >= 0.3 is 0 Å². The third kappa shape index (κ3) is 5.05. The number of nitrogens with one attached hydrogen (secondary N) is 1. The highest BCUT2D eigenvalue weighted by Crippen LogP contribution is 2.22. The number of carbonyl (C=O) groups excluding carboxylic acids is 2. The van der Waals surface area contributed by atoms with Gasteiger partial charge in [0.05, 0.1) is 5.56 Å². The Morgan fingerprint density at radius 3 is 2.23 bits per heavy atom. The molecular formula is C24H30FN3O2. The minimum Gasteiger partial charge on any atom is -0.352 e. The van der Waals surface area contributed by atoms with Gasteiger partial charge in [0.1, 0.15) is 11.9 Å². The number of benzene rings is 2. The Hall–Kier alpha value is -2.73. The molecule has 0 aliphatic carbocycles. The lowest BCUT2D eigenvalue weighted by atomic mass is 10.0. The second-order valence-electron chi connectivity index (χ2n) is 7.59. The molecule has 1 aliphatic rings. The summed E-state index contributed by atoms with van der Waals surface area (Å²) in [5, 5.41) is 3.18. The summed E-state index contributed by atoms with van der Waals surface area (Å²) in [5.74, 6) is -0.796. The van der Waals surface area contributed by atoms with Crippen molar-refractivity contribution in [3.63, 3.8) is 0 Å². The van der Waals surface area contributed by atoms with Crippen molar-refractivity contribution in [3.05, 3.63) is 71.5 Å². The third-order valence-corrected chi connectivity index (χ3v) is 5.77. The standard InChI is InChI=1S/C24H30FN3O2/c1-3-27(4-2)22(18-10-6-5-7-11-18)23(29)26-19-14-16-28(17-15-19)24(30)20-12-8-9-13-21(20)25/h5-13,19,22H,3-4,14-17H2,1-2H3,(H,26,29). The number of halogens is 1. The Morgan fingerprint density at radius 1 is 1.03 bits per heavy atom. The first kappa shape index (κ1) is 22.0. The minimum absolute atomic E-state index is 0.00365. The molecule has 2 aromatic carbocycles. The van der Waals surface area contributed by atoms with Crippen molar-refractivity contribution in [2.75, 3.05) is 26.2 Å². The van der Waals surface area contributed by atoms with Gasteiger partial charge < -0.3 is 10.2 Å². The van der Waals surface area contributed by atoms with E-state index in [1.807, 2.05) is 30.3 Å². The minimum atomic E-state index is -0.497. The van der Waals surface area contributed by atoms with E-state index in [4.69, 9.17) is 0 Å². The number of piperidine rings is 1. The topological polar surface area (TPSA) is 52.7 Å². The molecule has 0 bridgehead atoms. The second kappa shape index (κ2) is 10.3. The molecule has 5 nitrogen and oxygen atoms in total. The van der Waals surface area contributed by atoms with Crippen LogP contribution in [0.2, 0.25) is 0 Å². The molecule has 2 aromatic rings. The Labute approximate surface area is 177 Å². The monoisotopic (exact) mass is 411 g/mol. The summed E-state index contributed by atoms with van der Waals surface area (Å²) in [6, 6.07) is 15.5. The molecule has 1 atom stereocenters. The zero-order valence-corrected chi connectivity index (χ0v) is 17.7. The van der Waals surface area contributed by atoms with Crippen LogP contribution in [0.3, 0.4) is 0 Å². The van der Waals surface area contributed by atoms with Crippen LogP contribution in [0.4, 0.5) is 4.39 Å². The maximum Gasteiger partial charge on any atom is 0.256 e. The molecule has 0 aromatic heterocycles. The predicted octanol–water partition coefficient (Wildman–Crippen LogP) is 3.63. The number of hydrogen-bond acceptors (Lipinski definition) is 3. The molecule has 6 heteroatoms. The van der Waals surface area contributed by atoms with Crippen molar-refractivity contribution in [2.24, 2.45) is 0 Å². The molecule has 160 valence electrons. The molecular weight excluding hydrogens is 381 g/mol. The summed E-state index contributed by atoms with van der Waals surface area (Å²) in [6.07, 6.45) is 1.32. The van der Waals surface area contributed by atoms with Gasteiger partial charge in [0.25, 0.3) is 5.91 Å². The molecule has 0 spiro atoms. The number of nitrogens with zero attached hydrogens (tertiary/aromatic N) is 2. The number of carbonyl (C=O) groups is 2. The normalized spacial score (nSPS) is 15.8. The van der Waals surface area contributed by atoms with Crippen molar-refractivity contribution in [3.8, 4) is 0 Å². The van der Waals surface area contributed by atoms with Crippen LogP contribution in [-0.4, -0.2) is 53.8 Å². The van der Waals surface area contributed by atoms with E-state index in [9.17, 15) is 14.0 Å². The smallest absolute Gasteiger partial charge is 0.256 e. The van der Waals surface area contributed by atoms with Crippen molar-refractivity contribution >= 4 is 11.8 Å². The highest BCUT2D eigenvalue weighted by molar-refractivity contribution is 5.94. The Kier molecular flexibility index (Phi) is 7.57. The van der Waals surface area contributed by atoms with Crippen LogP contribution in [0.25, 0.3) is 0 Å². The lowest BCUT2D eigenvalue weighted by Crippen LogP contribution is -2.49. The third-order valence-electron chi connectivity index (χ3n) is 5.77. The van der Waals surface area contributed by atoms with Crippen molar-refractivity contribution in [2.45, 2.75) is 38.8 Å². The number of amides is 2. The van der Waals surface area contributed by atoms with Crippen LogP contribution in [0.5, 0.6) is 0 Å². The largest absolute Gasteiger partial charge is 0.352 e. The van der Waals surface area contributed by atoms with Crippen LogP contribution < -0.4 is 5.32 Å². The molecule has 1 unspecified atom stereocenters. The maximum atomic E-state index is 13.9. The molecule has 1 N–H and O–H groups in total. The van der Waals surface area contributed by atoms with Gasteiger partial charge in [-0.25, -0.2) is 4.39 Å². The molecule has 0 saturated carbocycles. The molecule has 1 saturated heterocycles. The van der Waals surface area contributed by atoms with Gasteiger partial charge in [0.2, 0.25) is 5.91 Å². The number of rotatable bonds is 7. The van der Waals surface area contributed by atoms with E-state index in [1.165, 1.54) is 12.1 Å². The Balaban J connectivity index is 1.62. The summed E-state index contributed by atoms with van der Waals surface area (Å²) in [5.41, 5.74) is 1.08. The van der Waals surface area contributed by atoms with E-state index in [-0.39, 0.29) is 29.5 Å². The SMILES string of the molecule is CCN(CC)C(C(=O)NC1CCN(C(=O)c2ccccc2F)CC1)c1ccccc1. The Bertz CT molecular complexity index is 847. The van der Waals surface area contributed by atoms with Crippen LogP contribution in [-0.2, 0) is 4.79 Å². The lowest BCUT2D eigenvalue weighted by Gasteiger charge is -2.35. The highest BCUT2D eigenvalue weighted by atomic mass is 19.1. The summed E-state index contributed by atoms with van der Waals surface area (Å²) in [7, 11) is 0. The fourth-order valence-corrected chi connectivity index (χ4v) is 4.06. The van der Waals surface area contributed by atoms with E-state index < -0.39 is 5.82 Å². The highest BCUT2D eigenvalue weighted by Gasteiger charge is 2.30. The molecule has 3 rings (SSSR count). The van der Waals surface area contributed by atoms with Crippen molar-refractivity contribution in [1.82, 2.24) is 15.1 Å². The van der Waals surface area contributed by atoms with Gasteiger partial charge in [-0.2, -0.15) is 0 Å². The molecule has 0 radical (unpaired) electrons. The first-order chi connectivity index (χ1) is 14.5. The van der Waals surface area contributed by atoms with Crippen molar-refractivity contribution < 1.29 is 14.0 Å². The van der Waals surface area contributed by atoms with Crippen molar-refractivity contribution in [1.29, 1.82) is 0 Å². The number of likely N-dealkylation sites (N-methyl/N-ethyl adjacent to an activating group) is 1. The van der Waals surface area contributed by atoms with Crippen LogP contribution in [0.15, 0.2) is 54.6 Å². The predicted molar refractivity (Wildman–Crippen MR) is 116 cm³/mol. The molecule has 30 heavy (non-hydrogen) atoms. The summed E-state index contributed by atoms with van der Waals surface area (Å²) >= 11 is 0. The van der Waals surface area contributed by atoms with E-state index in [1.54, 1.807) is 17.0 Å². The quantitative estimate of drug-likeness (QED) is 0.757. The van der Waals surface area contributed by atoms with Gasteiger partial charge in [-0.05, 0) is 43.6 Å². The molecule has 1 aliphatic heterocycles. The maximum absolute atomic E-state index is 13.9. The van der Waals surface area contributed by atoms with Crippen LogP contribution >= 0.6 is 0 Å². The van der Waals surface area contributed by atoms with E-state index in [2.05, 4.69) is 24.1 Å². The molecule has 2 amide bonds. The molecule has 1 heterocycles. The number of likely N-dealkylation sites (tertiary alicyclic amines) is 1. The summed E-state index contributed by atoms with van der Waals surface area (Å²) in [6.45, 7) is 6.66. The lowest BCUT2D eigenvalue weighted by molar-refractivity contribution is -0.127.